The van der Waals surface area contributed by atoms with Gasteiger partial charge in [0, 0.05) is 17.7 Å². The number of hydrogen-bond acceptors (Lipinski definition) is 5. The van der Waals surface area contributed by atoms with E-state index < -0.39 is 35.6 Å². The van der Waals surface area contributed by atoms with Gasteiger partial charge < -0.3 is 19.9 Å². The van der Waals surface area contributed by atoms with Crippen LogP contribution in [0.2, 0.25) is 0 Å². The van der Waals surface area contributed by atoms with Crippen molar-refractivity contribution in [2.24, 2.45) is 0 Å². The lowest BCUT2D eigenvalue weighted by Gasteiger charge is -2.33. The Morgan fingerprint density at radius 1 is 1.02 bits per heavy atom. The lowest BCUT2D eigenvalue weighted by atomic mass is 9.88. The summed E-state index contributed by atoms with van der Waals surface area (Å²) in [6, 6.07) is 7.45. The zero-order chi connectivity index (χ0) is 34.0. The molecule has 2 aromatic rings. The Morgan fingerprint density at radius 2 is 1.64 bits per heavy atom. The van der Waals surface area contributed by atoms with Crippen LogP contribution in [0.5, 0.6) is 11.5 Å². The lowest BCUT2D eigenvalue weighted by Crippen LogP contribution is -2.54. The predicted molar refractivity (Wildman–Crippen MR) is 158 cm³/mol. The van der Waals surface area contributed by atoms with Gasteiger partial charge in [0.2, 0.25) is 6.41 Å². The molecule has 0 heterocycles. The molecule has 0 spiro atoms. The van der Waals surface area contributed by atoms with Gasteiger partial charge in [-0.1, -0.05) is 37.6 Å². The van der Waals surface area contributed by atoms with E-state index in [0.29, 0.717) is 43.6 Å². The molecule has 0 saturated heterocycles. The number of alkyl halides is 6. The van der Waals surface area contributed by atoms with Crippen molar-refractivity contribution in [3.63, 3.8) is 0 Å². The highest BCUT2D eigenvalue weighted by Gasteiger charge is 2.71. The Balaban J connectivity index is 2.10. The molecule has 45 heavy (non-hydrogen) atoms. The van der Waals surface area contributed by atoms with Crippen LogP contribution in [0.1, 0.15) is 82.2 Å². The molecule has 3 amide bonds. The molecule has 0 bridgehead atoms. The van der Waals surface area contributed by atoms with E-state index >= 15 is 0 Å². The summed E-state index contributed by atoms with van der Waals surface area (Å²) in [7, 11) is 0. The second-order valence-electron chi connectivity index (χ2n) is 10.8. The van der Waals surface area contributed by atoms with Gasteiger partial charge >= 0.3 is 18.4 Å². The number of nitrogens with zero attached hydrogens (tertiary/aromatic N) is 1. The third-order valence-electron chi connectivity index (χ3n) is 6.82. The molecule has 2 N–H and O–H groups in total. The fraction of sp³-hybridized carbons (Fsp3) is 0.500. The average molecular weight is 647 g/mol. The van der Waals surface area contributed by atoms with Gasteiger partial charge in [-0.3, -0.25) is 9.69 Å². The van der Waals surface area contributed by atoms with Crippen LogP contribution < -0.4 is 14.8 Å². The Hall–Kier alpha value is -3.74. The molecule has 0 aliphatic rings. The number of nitrogens with one attached hydrogen (secondary N) is 1. The fourth-order valence-corrected chi connectivity index (χ4v) is 4.56. The number of benzene rings is 2. The molecular weight excluding hydrogens is 606 g/mol. The predicted octanol–water partition coefficient (Wildman–Crippen LogP) is 7.86. The van der Waals surface area contributed by atoms with Crippen molar-refractivity contribution in [1.29, 1.82) is 0 Å². The van der Waals surface area contributed by atoms with E-state index in [2.05, 4.69) is 5.32 Å². The number of rotatable bonds is 15. The lowest BCUT2D eigenvalue weighted by molar-refractivity contribution is -0.376. The number of halogens is 6. The topological polar surface area (TPSA) is 88.1 Å². The normalized spacial score (nSPS) is 13.2. The zero-order valence-electron chi connectivity index (χ0n) is 25.9. The highest BCUT2D eigenvalue weighted by Crippen LogP contribution is 2.51. The van der Waals surface area contributed by atoms with Crippen LogP contribution in [0.25, 0.3) is 6.08 Å². The monoisotopic (exact) mass is 646 g/mol. The maximum atomic E-state index is 13.6. The minimum Gasteiger partial charge on any atom is -0.493 e. The number of ether oxygens (including phenoxy) is 2. The molecule has 1 unspecified atom stereocenters. The zero-order valence-corrected chi connectivity index (χ0v) is 25.9. The molecule has 250 valence electrons. The van der Waals surface area contributed by atoms with E-state index in [4.69, 9.17) is 9.47 Å². The molecule has 0 aliphatic carbocycles. The van der Waals surface area contributed by atoms with E-state index in [1.165, 1.54) is 19.1 Å². The first kappa shape index (κ1) is 37.4. The molecule has 2 rings (SSSR count). The second-order valence-corrected chi connectivity index (χ2v) is 10.8. The number of aryl methyl sites for hydroxylation is 1. The van der Waals surface area contributed by atoms with Gasteiger partial charge in [-0.15, -0.1) is 0 Å². The molecule has 0 radical (unpaired) electrons. The Kier molecular flexibility index (Phi) is 13.3. The van der Waals surface area contributed by atoms with Gasteiger partial charge in [-0.25, -0.2) is 4.79 Å². The molecule has 13 heteroatoms. The van der Waals surface area contributed by atoms with Crippen molar-refractivity contribution in [2.45, 2.75) is 90.4 Å². The number of urea groups is 1. The van der Waals surface area contributed by atoms with Crippen molar-refractivity contribution in [3.05, 3.63) is 64.7 Å². The summed E-state index contributed by atoms with van der Waals surface area (Å²) in [5.74, 6) is 0.776. The van der Waals surface area contributed by atoms with Crippen molar-refractivity contribution >= 4 is 18.5 Å². The van der Waals surface area contributed by atoms with Crippen LogP contribution in [0, 0.1) is 0 Å². The van der Waals surface area contributed by atoms with Crippen molar-refractivity contribution < 1.29 is 50.5 Å². The van der Waals surface area contributed by atoms with E-state index in [9.17, 15) is 41.0 Å². The Bertz CT molecular complexity index is 1280. The van der Waals surface area contributed by atoms with Gasteiger partial charge in [0.25, 0.3) is 5.60 Å². The fourth-order valence-electron chi connectivity index (χ4n) is 4.56. The summed E-state index contributed by atoms with van der Waals surface area (Å²) >= 11 is 0. The van der Waals surface area contributed by atoms with Crippen molar-refractivity contribution in [2.75, 3.05) is 13.2 Å². The number of carbonyl (C=O) groups excluding carboxylic acids is 2. The molecular formula is C32H40F6N2O5. The van der Waals surface area contributed by atoms with Crippen LogP contribution in [0.15, 0.2) is 42.5 Å². The second kappa shape index (κ2) is 16.0. The first-order valence-corrected chi connectivity index (χ1v) is 14.6. The van der Waals surface area contributed by atoms with Crippen LogP contribution >= 0.6 is 0 Å². The van der Waals surface area contributed by atoms with E-state index in [1.54, 1.807) is 38.1 Å². The number of imide groups is 1. The summed E-state index contributed by atoms with van der Waals surface area (Å²) in [5, 5.41) is 12.7. The van der Waals surface area contributed by atoms with Crippen LogP contribution in [-0.4, -0.2) is 54.1 Å². The number of allylic oxidation sites excluding steroid dienone is 1. The minimum atomic E-state index is -6.02. The van der Waals surface area contributed by atoms with E-state index in [-0.39, 0.29) is 42.6 Å². The summed E-state index contributed by atoms with van der Waals surface area (Å²) in [4.78, 5) is 25.3. The summed E-state index contributed by atoms with van der Waals surface area (Å²) in [5.41, 5.74) is -5.61. The highest BCUT2D eigenvalue weighted by molar-refractivity contribution is 5.84. The van der Waals surface area contributed by atoms with Crippen LogP contribution in [-0.2, 0) is 16.8 Å². The molecule has 2 aromatic carbocycles. The number of unbranched alkanes of at least 4 members (excludes halogenated alkanes) is 1. The Morgan fingerprint density at radius 3 is 2.16 bits per heavy atom. The maximum Gasteiger partial charge on any atom is 0.430 e. The van der Waals surface area contributed by atoms with E-state index in [1.807, 2.05) is 13.8 Å². The highest BCUT2D eigenvalue weighted by atomic mass is 19.4. The van der Waals surface area contributed by atoms with Crippen LogP contribution in [0.3, 0.4) is 0 Å². The molecule has 0 fully saturated rings. The molecule has 0 aromatic heterocycles. The molecule has 7 nitrogen and oxygen atoms in total. The first-order chi connectivity index (χ1) is 21.0. The number of amides is 3. The summed E-state index contributed by atoms with van der Waals surface area (Å²) in [6.07, 6.45) is -7.83. The Labute approximate surface area is 259 Å². The average Bonchev–Trinajstić information content (AvgIpc) is 2.94. The maximum absolute atomic E-state index is 13.6. The quantitative estimate of drug-likeness (QED) is 0.117. The smallest absolute Gasteiger partial charge is 0.430 e. The summed E-state index contributed by atoms with van der Waals surface area (Å²) < 4.78 is 93.0. The van der Waals surface area contributed by atoms with Gasteiger partial charge in [0.05, 0.1) is 18.8 Å². The molecule has 0 aliphatic heterocycles. The third kappa shape index (κ3) is 9.62. The van der Waals surface area contributed by atoms with Gasteiger partial charge in [-0.05, 0) is 82.3 Å². The van der Waals surface area contributed by atoms with Crippen molar-refractivity contribution in [1.82, 2.24) is 10.2 Å². The van der Waals surface area contributed by atoms with Crippen LogP contribution in [0.4, 0.5) is 31.1 Å². The van der Waals surface area contributed by atoms with Gasteiger partial charge in [0.15, 0.2) is 0 Å². The van der Waals surface area contributed by atoms with Gasteiger partial charge in [0.1, 0.15) is 11.5 Å². The SMILES string of the molecule is C/C=C\c1cc(C(O)(C(F)(F)F)C(F)(F)F)cc(CCC)c1OCCCCN(C=O)C(=O)NC(C)c1ccc(OC(C)C)cc1. The molecule has 1 atom stereocenters. The molecule has 0 saturated carbocycles. The number of carbonyl (C=O) groups is 2. The third-order valence-corrected chi connectivity index (χ3v) is 6.82. The van der Waals surface area contributed by atoms with Gasteiger partial charge in [-0.2, -0.15) is 26.3 Å². The van der Waals surface area contributed by atoms with E-state index in [0.717, 1.165) is 10.5 Å². The summed E-state index contributed by atoms with van der Waals surface area (Å²) in [6.45, 7) is 8.84. The number of aliphatic hydroxyl groups is 1. The van der Waals surface area contributed by atoms with Crippen molar-refractivity contribution in [3.8, 4) is 11.5 Å². The standard InChI is InChI=1S/C32H40F6N2O5/c1-6-10-24-18-26(30(43,31(33,34)35)32(36,37)38)19-25(11-7-2)28(24)44-17-9-8-16-40(20-41)29(42)39-22(5)23-12-14-27(15-13-23)45-21(3)4/h6,10,12-15,18-22,43H,7-9,11,16-17H2,1-5H3,(H,39,42)/b10-6-. The number of hydrogen-bond donors (Lipinski definition) is 2. The minimum absolute atomic E-state index is 0.00105. The largest absolute Gasteiger partial charge is 0.493 e. The first-order valence-electron chi connectivity index (χ1n) is 14.6.